The molecule has 1 unspecified atom stereocenters. The number of rotatable bonds is 10. The topological polar surface area (TPSA) is 68.6 Å². The first-order valence-corrected chi connectivity index (χ1v) is 26.7. The molecule has 2 aromatic heterocycles. The van der Waals surface area contributed by atoms with Crippen molar-refractivity contribution in [1.82, 2.24) is 19.9 Å². The standard InChI is InChI=1S/C67H43N4OPS/c72-64(55-37-53(44-18-6-1-7-19-44)36-54(38-55)45-20-8-2-9-21-45)50-32-34-60-62(40-50)74-63-41-51(67-70-65(47-24-12-4-13-25-47)69-66(71-67)48-26-14-5-15-27-48)33-35-61(63)73(60)56-30-16-28-49(39-56)59-42-58-52(43-68-59)29-17-31-57(58)46-22-10-3-11-23-46/h1-43H. The van der Waals surface area contributed by atoms with E-state index >= 15 is 4.79 Å². The molecule has 1 aliphatic heterocycles. The van der Waals surface area contributed by atoms with Gasteiger partial charge in [-0.2, -0.15) is 0 Å². The summed E-state index contributed by atoms with van der Waals surface area (Å²) in [6.45, 7) is 0. The minimum Gasteiger partial charge on any atom is -0.289 e. The number of nitrogens with zero attached hydrogens (tertiary/aromatic N) is 4. The molecule has 0 N–H and O–H groups in total. The van der Waals surface area contributed by atoms with Crippen molar-refractivity contribution in [3.63, 3.8) is 0 Å². The SMILES string of the molecule is O=C(c1cc(-c2ccccc2)cc(-c2ccccc2)c1)c1ccc2c(c1)Sc1cc(-c3nc(-c4ccccc4)nc(-c4ccccc4)n3)ccc1P2c1cccc(-c2cc3c(-c4ccccc4)cccc3cn2)c1. The average molecular weight is 983 g/mol. The highest BCUT2D eigenvalue weighted by Crippen LogP contribution is 2.48. The van der Waals surface area contributed by atoms with E-state index in [-0.39, 0.29) is 5.78 Å². The number of ketones is 1. The van der Waals surface area contributed by atoms with Crippen molar-refractivity contribution in [2.24, 2.45) is 0 Å². The van der Waals surface area contributed by atoms with Gasteiger partial charge in [0.1, 0.15) is 0 Å². The van der Waals surface area contributed by atoms with Crippen LogP contribution in [0.15, 0.2) is 271 Å². The van der Waals surface area contributed by atoms with Gasteiger partial charge >= 0.3 is 0 Å². The maximum atomic E-state index is 15.0. The summed E-state index contributed by atoms with van der Waals surface area (Å²) in [5.74, 6) is 1.78. The lowest BCUT2D eigenvalue weighted by atomic mass is 9.93. The fourth-order valence-corrected chi connectivity index (χ4v) is 13.9. The van der Waals surface area contributed by atoms with Gasteiger partial charge in [-0.3, -0.25) is 9.78 Å². The van der Waals surface area contributed by atoms with Gasteiger partial charge in [-0.1, -0.05) is 224 Å². The van der Waals surface area contributed by atoms with Crippen LogP contribution in [0.5, 0.6) is 0 Å². The molecule has 10 aromatic carbocycles. The average Bonchev–Trinajstić information content (AvgIpc) is 3.48. The maximum Gasteiger partial charge on any atom is 0.193 e. The first-order chi connectivity index (χ1) is 36.6. The molecule has 3 heterocycles. The van der Waals surface area contributed by atoms with Crippen LogP contribution in [0.25, 0.3) is 89.6 Å². The Morgan fingerprint density at radius 3 is 1.49 bits per heavy atom. The van der Waals surface area contributed by atoms with Crippen LogP contribution in [0.3, 0.4) is 0 Å². The largest absolute Gasteiger partial charge is 0.289 e. The Labute approximate surface area is 435 Å². The van der Waals surface area contributed by atoms with Crippen LogP contribution in [-0.4, -0.2) is 25.7 Å². The summed E-state index contributed by atoms with van der Waals surface area (Å²) < 4.78 is 0. The highest BCUT2D eigenvalue weighted by atomic mass is 32.2. The lowest BCUT2D eigenvalue weighted by Crippen LogP contribution is -2.27. The zero-order valence-electron chi connectivity index (χ0n) is 39.9. The molecule has 12 aromatic rings. The molecular weight excluding hydrogens is 940 g/mol. The second-order valence-corrected chi connectivity index (χ2v) is 21.4. The molecular formula is C67H43N4OPS. The van der Waals surface area contributed by atoms with Gasteiger partial charge in [-0.15, -0.1) is 0 Å². The molecule has 5 nitrogen and oxygen atoms in total. The summed E-state index contributed by atoms with van der Waals surface area (Å²) in [5, 5.41) is 5.85. The van der Waals surface area contributed by atoms with Crippen LogP contribution in [0, 0.1) is 0 Å². The minimum atomic E-state index is -1.12. The Bertz CT molecular complexity index is 3950. The van der Waals surface area contributed by atoms with E-state index in [1.54, 1.807) is 11.8 Å². The fraction of sp³-hybridized carbons (Fsp3) is 0. The van der Waals surface area contributed by atoms with E-state index in [2.05, 4.69) is 140 Å². The third-order valence-corrected chi connectivity index (χ3v) is 17.5. The molecule has 0 fully saturated rings. The van der Waals surface area contributed by atoms with E-state index in [4.69, 9.17) is 19.9 Å². The van der Waals surface area contributed by atoms with Crippen molar-refractivity contribution in [3.05, 3.63) is 272 Å². The summed E-state index contributed by atoms with van der Waals surface area (Å²) in [6.07, 6.45) is 1.99. The third kappa shape index (κ3) is 8.81. The number of aromatic nitrogens is 4. The lowest BCUT2D eigenvalue weighted by Gasteiger charge is -2.29. The van der Waals surface area contributed by atoms with Crippen molar-refractivity contribution < 1.29 is 4.79 Å². The molecule has 0 aliphatic carbocycles. The quantitative estimate of drug-likeness (QED) is 0.100. The van der Waals surface area contributed by atoms with Crippen LogP contribution < -0.4 is 15.9 Å². The van der Waals surface area contributed by atoms with E-state index in [0.717, 1.165) is 70.8 Å². The Morgan fingerprint density at radius 2 is 0.878 bits per heavy atom. The first-order valence-electron chi connectivity index (χ1n) is 24.5. The highest BCUT2D eigenvalue weighted by Gasteiger charge is 2.30. The second kappa shape index (κ2) is 19.6. The number of hydrogen-bond acceptors (Lipinski definition) is 6. The molecule has 0 bridgehead atoms. The Balaban J connectivity index is 0.946. The van der Waals surface area contributed by atoms with E-state index < -0.39 is 7.92 Å². The molecule has 0 amide bonds. The Kier molecular flexibility index (Phi) is 11.9. The minimum absolute atomic E-state index is 0.0291. The first kappa shape index (κ1) is 45.0. The van der Waals surface area contributed by atoms with Crippen molar-refractivity contribution in [1.29, 1.82) is 0 Å². The van der Waals surface area contributed by atoms with Gasteiger partial charge in [0, 0.05) is 54.8 Å². The third-order valence-electron chi connectivity index (χ3n) is 13.5. The summed E-state index contributed by atoms with van der Waals surface area (Å²) in [6, 6.07) is 87.9. The lowest BCUT2D eigenvalue weighted by molar-refractivity contribution is 0.103. The summed E-state index contributed by atoms with van der Waals surface area (Å²) >= 11 is 1.70. The molecule has 0 radical (unpaired) electrons. The molecule has 74 heavy (non-hydrogen) atoms. The van der Waals surface area contributed by atoms with Crippen molar-refractivity contribution in [3.8, 4) is 78.8 Å². The van der Waals surface area contributed by atoms with Gasteiger partial charge in [0.25, 0.3) is 0 Å². The highest BCUT2D eigenvalue weighted by molar-refractivity contribution is 8.02. The molecule has 0 saturated carbocycles. The van der Waals surface area contributed by atoms with Gasteiger partial charge in [0.2, 0.25) is 0 Å². The van der Waals surface area contributed by atoms with Gasteiger partial charge in [0.15, 0.2) is 23.3 Å². The fourth-order valence-electron chi connectivity index (χ4n) is 9.83. The van der Waals surface area contributed by atoms with Gasteiger partial charge in [-0.05, 0) is 105 Å². The van der Waals surface area contributed by atoms with E-state index in [1.165, 1.54) is 27.0 Å². The van der Waals surface area contributed by atoms with Crippen molar-refractivity contribution in [2.75, 3.05) is 0 Å². The number of fused-ring (bicyclic) bond motifs is 3. The normalized spacial score (nSPS) is 12.7. The van der Waals surface area contributed by atoms with Crippen LogP contribution in [0.1, 0.15) is 15.9 Å². The van der Waals surface area contributed by atoms with Crippen molar-refractivity contribution >= 4 is 52.2 Å². The predicted molar refractivity (Wildman–Crippen MR) is 306 cm³/mol. The molecule has 348 valence electrons. The molecule has 1 atom stereocenters. The molecule has 7 heteroatoms. The maximum absolute atomic E-state index is 15.0. The van der Waals surface area contributed by atoms with Crippen LogP contribution in [-0.2, 0) is 0 Å². The van der Waals surface area contributed by atoms with E-state index in [1.807, 2.05) is 121 Å². The smallest absolute Gasteiger partial charge is 0.193 e. The number of pyridine rings is 1. The second-order valence-electron chi connectivity index (χ2n) is 18.2. The van der Waals surface area contributed by atoms with Crippen molar-refractivity contribution in [2.45, 2.75) is 9.79 Å². The molecule has 1 aliphatic rings. The van der Waals surface area contributed by atoms with Crippen LogP contribution in [0.4, 0.5) is 0 Å². The Morgan fingerprint density at radius 1 is 0.365 bits per heavy atom. The summed E-state index contributed by atoms with van der Waals surface area (Å²) in [7, 11) is -1.12. The van der Waals surface area contributed by atoms with Gasteiger partial charge < -0.3 is 0 Å². The number of hydrogen-bond donors (Lipinski definition) is 0. The number of carbonyl (C=O) groups excluding carboxylic acids is 1. The summed E-state index contributed by atoms with van der Waals surface area (Å²) in [4.78, 5) is 37.4. The van der Waals surface area contributed by atoms with Crippen LogP contribution >= 0.6 is 19.7 Å². The monoisotopic (exact) mass is 982 g/mol. The van der Waals surface area contributed by atoms with Gasteiger partial charge in [-0.25, -0.2) is 15.0 Å². The molecule has 13 rings (SSSR count). The van der Waals surface area contributed by atoms with Crippen LogP contribution in [0.2, 0.25) is 0 Å². The predicted octanol–water partition coefficient (Wildman–Crippen LogP) is 15.5. The zero-order chi connectivity index (χ0) is 49.4. The van der Waals surface area contributed by atoms with E-state index in [0.29, 0.717) is 28.6 Å². The number of carbonyl (C=O) groups is 1. The Hall–Kier alpha value is -8.93. The molecule has 0 saturated heterocycles. The summed E-state index contributed by atoms with van der Waals surface area (Å²) in [5.41, 5.74) is 12.4. The van der Waals surface area contributed by atoms with E-state index in [9.17, 15) is 0 Å². The van der Waals surface area contributed by atoms with Gasteiger partial charge in [0.05, 0.1) is 5.69 Å². The number of benzene rings is 10. The molecule has 0 spiro atoms. The zero-order valence-corrected chi connectivity index (χ0v) is 41.6.